The van der Waals surface area contributed by atoms with Gasteiger partial charge in [-0.1, -0.05) is 134 Å². The molecule has 3 heterocycles. The molecule has 3 saturated heterocycles. The minimum absolute atomic E-state index is 0.237. The Hall–Kier alpha value is -1.99. The monoisotopic (exact) mass is 1020 g/mol. The molecule has 17 unspecified atom stereocenters. The second kappa shape index (κ2) is 36.9. The van der Waals surface area contributed by atoms with E-state index in [0.717, 1.165) is 77.0 Å². The van der Waals surface area contributed by atoms with Crippen molar-refractivity contribution in [3.8, 4) is 0 Å². The molecule has 12 N–H and O–H groups in total. The highest BCUT2D eigenvalue weighted by atomic mass is 16.8. The summed E-state index contributed by atoms with van der Waals surface area (Å²) in [5.41, 5.74) is 0. The van der Waals surface area contributed by atoms with Crippen molar-refractivity contribution in [2.75, 3.05) is 26.4 Å². The number of carbonyl (C=O) groups excluding carboxylic acids is 1. The van der Waals surface area contributed by atoms with Crippen LogP contribution in [0.2, 0.25) is 0 Å². The Balaban J connectivity index is 1.49. The minimum atomic E-state index is -1.98. The number of ether oxygens (including phenoxy) is 6. The van der Waals surface area contributed by atoms with Gasteiger partial charge in [0.15, 0.2) is 18.9 Å². The molecule has 0 aromatic carbocycles. The standard InChI is InChI=1S/C52H93NO18/c1-3-5-7-9-11-12-13-14-15-16-17-18-19-20-21-22-24-26-28-30-40(58)53-35(36(57)29-27-25-23-10-8-6-4-2)34-66-50-46(64)43(61)48(38(32-55)68-50)71-52-47(65)44(62)49(39(33-56)69-52)70-51-45(63)42(60)41(59)37(31-54)67-51/h11-12,14-15,27,29,35-39,41-52,54-57,59-65H,3-10,13,16-26,28,30-34H2,1-2H3,(H,53,58)/b12-11-,15-14-,29-27+. The molecule has 71 heavy (non-hydrogen) atoms. The molecule has 3 aliphatic heterocycles. The van der Waals surface area contributed by atoms with Crippen LogP contribution in [0.15, 0.2) is 36.5 Å². The van der Waals surface area contributed by atoms with Crippen LogP contribution in [0.25, 0.3) is 0 Å². The number of aliphatic hydroxyl groups is 11. The fourth-order valence-corrected chi connectivity index (χ4v) is 8.92. The highest BCUT2D eigenvalue weighted by Gasteiger charge is 2.53. The zero-order valence-corrected chi connectivity index (χ0v) is 42.4. The molecule has 0 spiro atoms. The molecule has 17 atom stereocenters. The summed E-state index contributed by atoms with van der Waals surface area (Å²) in [6, 6.07) is -0.971. The second-order valence-electron chi connectivity index (χ2n) is 19.3. The van der Waals surface area contributed by atoms with E-state index in [0.29, 0.717) is 6.42 Å². The van der Waals surface area contributed by atoms with Gasteiger partial charge >= 0.3 is 0 Å². The van der Waals surface area contributed by atoms with Crippen molar-refractivity contribution in [3.05, 3.63) is 36.5 Å². The van der Waals surface area contributed by atoms with Crippen molar-refractivity contribution in [1.82, 2.24) is 5.32 Å². The smallest absolute Gasteiger partial charge is 0.220 e. The fourth-order valence-electron chi connectivity index (χ4n) is 8.92. The first-order valence-electron chi connectivity index (χ1n) is 26.7. The molecule has 1 amide bonds. The lowest BCUT2D eigenvalue weighted by molar-refractivity contribution is -0.379. The number of hydrogen-bond donors (Lipinski definition) is 12. The third-order valence-corrected chi connectivity index (χ3v) is 13.4. The maximum Gasteiger partial charge on any atom is 0.220 e. The average molecular weight is 1020 g/mol. The van der Waals surface area contributed by atoms with Gasteiger partial charge in [-0.05, 0) is 51.4 Å². The van der Waals surface area contributed by atoms with Gasteiger partial charge in [0.1, 0.15) is 73.2 Å². The van der Waals surface area contributed by atoms with Crippen LogP contribution in [0.4, 0.5) is 0 Å². The van der Waals surface area contributed by atoms with Crippen molar-refractivity contribution in [1.29, 1.82) is 0 Å². The highest BCUT2D eigenvalue weighted by Crippen LogP contribution is 2.33. The molecule has 3 fully saturated rings. The van der Waals surface area contributed by atoms with Crippen LogP contribution in [0.3, 0.4) is 0 Å². The Morgan fingerprint density at radius 1 is 0.507 bits per heavy atom. The van der Waals surface area contributed by atoms with Gasteiger partial charge in [0.2, 0.25) is 5.91 Å². The molecule has 3 aliphatic rings. The lowest BCUT2D eigenvalue weighted by atomic mass is 9.96. The fraction of sp³-hybridized carbons (Fsp3) is 0.865. The molecule has 414 valence electrons. The summed E-state index contributed by atoms with van der Waals surface area (Å²) in [5.74, 6) is -0.287. The van der Waals surface area contributed by atoms with E-state index in [2.05, 4.69) is 43.5 Å². The number of rotatable bonds is 37. The van der Waals surface area contributed by atoms with Crippen LogP contribution in [0.5, 0.6) is 0 Å². The molecule has 0 bridgehead atoms. The van der Waals surface area contributed by atoms with Crippen LogP contribution in [-0.2, 0) is 33.2 Å². The first-order valence-corrected chi connectivity index (χ1v) is 26.7. The van der Waals surface area contributed by atoms with Gasteiger partial charge < -0.3 is 89.9 Å². The van der Waals surface area contributed by atoms with Crippen molar-refractivity contribution in [2.24, 2.45) is 0 Å². The largest absolute Gasteiger partial charge is 0.394 e. The normalized spacial score (nSPS) is 32.5. The summed E-state index contributed by atoms with van der Waals surface area (Å²) in [6.45, 7) is 1.59. The maximum absolute atomic E-state index is 13.2. The number of nitrogens with one attached hydrogen (secondary N) is 1. The van der Waals surface area contributed by atoms with Gasteiger partial charge in [0, 0.05) is 6.42 Å². The van der Waals surface area contributed by atoms with Gasteiger partial charge in [0.05, 0.1) is 38.6 Å². The number of hydrogen-bond acceptors (Lipinski definition) is 18. The van der Waals surface area contributed by atoms with E-state index in [9.17, 15) is 61.0 Å². The quantitative estimate of drug-likeness (QED) is 0.0314. The van der Waals surface area contributed by atoms with Gasteiger partial charge in [-0.2, -0.15) is 0 Å². The van der Waals surface area contributed by atoms with E-state index in [-0.39, 0.29) is 18.9 Å². The molecular formula is C52H93NO18. The van der Waals surface area contributed by atoms with Crippen LogP contribution in [0.1, 0.15) is 155 Å². The summed E-state index contributed by atoms with van der Waals surface area (Å²) in [7, 11) is 0. The number of allylic oxidation sites excluding steroid dienone is 5. The van der Waals surface area contributed by atoms with Crippen LogP contribution >= 0.6 is 0 Å². The molecule has 3 rings (SSSR count). The summed E-state index contributed by atoms with van der Waals surface area (Å²) < 4.78 is 34.0. The minimum Gasteiger partial charge on any atom is -0.394 e. The SMILES string of the molecule is CCCCC/C=C\C/C=C\CCCCCCCCCCCC(=O)NC(COC1OC(CO)C(OC2OC(CO)C(OC3OC(CO)C(O)C(O)C3O)C(O)C2O)C(O)C1O)C(O)/C=C/CCCCCCC. The lowest BCUT2D eigenvalue weighted by Gasteiger charge is -2.48. The Kier molecular flexibility index (Phi) is 32.9. The van der Waals surface area contributed by atoms with Crippen LogP contribution in [-0.4, -0.2) is 193 Å². The van der Waals surface area contributed by atoms with E-state index in [1.54, 1.807) is 6.08 Å². The molecule has 0 radical (unpaired) electrons. The Morgan fingerprint density at radius 3 is 1.46 bits per heavy atom. The van der Waals surface area contributed by atoms with Gasteiger partial charge in [-0.15, -0.1) is 0 Å². The van der Waals surface area contributed by atoms with Crippen molar-refractivity contribution in [3.63, 3.8) is 0 Å². The number of carbonyl (C=O) groups is 1. The summed E-state index contributed by atoms with van der Waals surface area (Å²) in [6.07, 6.45) is 8.90. The van der Waals surface area contributed by atoms with Crippen molar-refractivity contribution >= 4 is 5.91 Å². The highest BCUT2D eigenvalue weighted by molar-refractivity contribution is 5.76. The molecule has 0 aromatic rings. The van der Waals surface area contributed by atoms with Crippen molar-refractivity contribution < 1.29 is 89.4 Å². The third-order valence-electron chi connectivity index (χ3n) is 13.4. The second-order valence-corrected chi connectivity index (χ2v) is 19.3. The number of unbranched alkanes of at least 4 members (excludes halogenated alkanes) is 17. The van der Waals surface area contributed by atoms with Crippen LogP contribution < -0.4 is 5.32 Å². The summed E-state index contributed by atoms with van der Waals surface area (Å²) >= 11 is 0. The molecule has 0 saturated carbocycles. The first kappa shape index (κ1) is 63.3. The van der Waals surface area contributed by atoms with Gasteiger partial charge in [-0.3, -0.25) is 4.79 Å². The van der Waals surface area contributed by atoms with E-state index < -0.39 is 124 Å². The van der Waals surface area contributed by atoms with Crippen molar-refractivity contribution in [2.45, 2.75) is 259 Å². The van der Waals surface area contributed by atoms with Crippen LogP contribution in [0, 0.1) is 0 Å². The number of aliphatic hydroxyl groups excluding tert-OH is 11. The van der Waals surface area contributed by atoms with Gasteiger partial charge in [-0.25, -0.2) is 0 Å². The predicted octanol–water partition coefficient (Wildman–Crippen LogP) is 2.59. The van der Waals surface area contributed by atoms with E-state index in [1.165, 1.54) is 51.4 Å². The summed E-state index contributed by atoms with van der Waals surface area (Å²) in [5, 5.41) is 119. The summed E-state index contributed by atoms with van der Waals surface area (Å²) in [4.78, 5) is 13.2. The Bertz CT molecular complexity index is 1450. The molecule has 19 heteroatoms. The zero-order chi connectivity index (χ0) is 52.0. The third kappa shape index (κ3) is 22.4. The average Bonchev–Trinajstić information content (AvgIpc) is 3.36. The zero-order valence-electron chi connectivity index (χ0n) is 42.4. The topological polar surface area (TPSA) is 307 Å². The van der Waals surface area contributed by atoms with E-state index >= 15 is 0 Å². The molecular weight excluding hydrogens is 927 g/mol. The molecule has 19 nitrogen and oxygen atoms in total. The van der Waals surface area contributed by atoms with E-state index in [4.69, 9.17) is 28.4 Å². The number of amides is 1. The molecule has 0 aliphatic carbocycles. The van der Waals surface area contributed by atoms with E-state index in [1.807, 2.05) is 6.08 Å². The maximum atomic E-state index is 13.2. The molecule has 0 aromatic heterocycles. The van der Waals surface area contributed by atoms with Gasteiger partial charge in [0.25, 0.3) is 0 Å². The first-order chi connectivity index (χ1) is 34.3. The predicted molar refractivity (Wildman–Crippen MR) is 263 cm³/mol. The Morgan fingerprint density at radius 2 is 0.930 bits per heavy atom. The Labute approximate surface area is 421 Å². The lowest BCUT2D eigenvalue weighted by Crippen LogP contribution is -2.66.